The summed E-state index contributed by atoms with van der Waals surface area (Å²) in [6.45, 7) is -0.470. The van der Waals surface area contributed by atoms with E-state index in [2.05, 4.69) is 11.8 Å². The zero-order valence-corrected chi connectivity index (χ0v) is 8.14. The molecule has 6 heteroatoms. The highest BCUT2D eigenvalue weighted by molar-refractivity contribution is 5.92. The Hall–Kier alpha value is -2.39. The highest BCUT2D eigenvalue weighted by atomic mass is 16.6. The first-order valence-corrected chi connectivity index (χ1v) is 4.24. The van der Waals surface area contributed by atoms with E-state index in [0.29, 0.717) is 5.56 Å². The molecule has 1 rings (SSSR count). The quantitative estimate of drug-likeness (QED) is 0.413. The minimum Gasteiger partial charge on any atom is -0.391 e. The van der Waals surface area contributed by atoms with E-state index in [1.807, 2.05) is 0 Å². The molecule has 1 aromatic rings. The third kappa shape index (κ3) is 2.80. The van der Waals surface area contributed by atoms with Gasteiger partial charge in [0.15, 0.2) is 0 Å². The zero-order valence-electron chi connectivity index (χ0n) is 8.14. The van der Waals surface area contributed by atoms with Crippen LogP contribution in [0, 0.1) is 22.0 Å². The predicted molar refractivity (Wildman–Crippen MR) is 55.1 cm³/mol. The van der Waals surface area contributed by atoms with Gasteiger partial charge in [0.1, 0.15) is 0 Å². The monoisotopic (exact) mass is 220 g/mol. The van der Waals surface area contributed by atoms with E-state index < -0.39 is 17.4 Å². The van der Waals surface area contributed by atoms with Crippen molar-refractivity contribution in [3.05, 3.63) is 39.4 Å². The summed E-state index contributed by atoms with van der Waals surface area (Å²) in [6.07, 6.45) is 0. The van der Waals surface area contributed by atoms with Crippen molar-refractivity contribution in [2.75, 3.05) is 0 Å². The van der Waals surface area contributed by atoms with Gasteiger partial charge in [0.2, 0.25) is 0 Å². The van der Waals surface area contributed by atoms with E-state index in [0.717, 1.165) is 0 Å². The number of nitro benzene ring substituents is 1. The van der Waals surface area contributed by atoms with Gasteiger partial charge in [-0.3, -0.25) is 14.9 Å². The molecule has 1 aromatic carbocycles. The van der Waals surface area contributed by atoms with Crippen molar-refractivity contribution in [3.8, 4) is 11.8 Å². The molecule has 0 aliphatic heterocycles. The van der Waals surface area contributed by atoms with E-state index in [-0.39, 0.29) is 11.3 Å². The van der Waals surface area contributed by atoms with Crippen molar-refractivity contribution in [1.29, 1.82) is 0 Å². The summed E-state index contributed by atoms with van der Waals surface area (Å²) >= 11 is 0. The fraction of sp³-hybridized carbons (Fsp3) is 0.100. The molecule has 0 heterocycles. The Morgan fingerprint density at radius 2 is 2.25 bits per heavy atom. The molecule has 82 valence electrons. The molecule has 0 aliphatic carbocycles. The topological polar surface area (TPSA) is 106 Å². The normalized spacial score (nSPS) is 9.06. The molecule has 0 atom stereocenters. The van der Waals surface area contributed by atoms with Crippen LogP contribution in [0.4, 0.5) is 5.69 Å². The number of aliphatic hydroxyl groups excluding tert-OH is 1. The van der Waals surface area contributed by atoms with Crippen LogP contribution < -0.4 is 5.73 Å². The second-order valence-electron chi connectivity index (χ2n) is 2.87. The van der Waals surface area contributed by atoms with Gasteiger partial charge in [-0.25, -0.2) is 0 Å². The SMILES string of the molecule is NC(=O)C#Cc1ccc([N+](=O)[O-])c(CO)c1. The van der Waals surface area contributed by atoms with E-state index in [4.69, 9.17) is 10.8 Å². The molecule has 0 aliphatic rings. The molecule has 0 fully saturated rings. The molecule has 6 nitrogen and oxygen atoms in total. The molecule has 1 amide bonds. The zero-order chi connectivity index (χ0) is 12.1. The largest absolute Gasteiger partial charge is 0.391 e. The summed E-state index contributed by atoms with van der Waals surface area (Å²) < 4.78 is 0. The smallest absolute Gasteiger partial charge is 0.293 e. The average Bonchev–Trinajstić information content (AvgIpc) is 2.25. The number of benzene rings is 1. The third-order valence-electron chi connectivity index (χ3n) is 1.78. The Morgan fingerprint density at radius 3 is 2.75 bits per heavy atom. The maximum atomic E-state index is 10.5. The van der Waals surface area contributed by atoms with Gasteiger partial charge in [0, 0.05) is 11.6 Å². The summed E-state index contributed by atoms with van der Waals surface area (Å²) in [5.74, 6) is 3.74. The Morgan fingerprint density at radius 1 is 1.56 bits per heavy atom. The maximum absolute atomic E-state index is 10.5. The van der Waals surface area contributed by atoms with Crippen molar-refractivity contribution >= 4 is 11.6 Å². The molecule has 0 aromatic heterocycles. The number of carbonyl (C=O) groups excluding carboxylic acids is 1. The van der Waals surface area contributed by atoms with Gasteiger partial charge in [-0.05, 0) is 18.1 Å². The van der Waals surface area contributed by atoms with E-state index in [9.17, 15) is 14.9 Å². The third-order valence-corrected chi connectivity index (χ3v) is 1.78. The number of nitrogens with two attached hydrogens (primary N) is 1. The van der Waals surface area contributed by atoms with Crippen molar-refractivity contribution in [2.45, 2.75) is 6.61 Å². The molecule has 0 unspecified atom stereocenters. The molecule has 3 N–H and O–H groups in total. The molecule has 0 spiro atoms. The maximum Gasteiger partial charge on any atom is 0.293 e. The first-order valence-electron chi connectivity index (χ1n) is 4.24. The number of aliphatic hydroxyl groups is 1. The van der Waals surface area contributed by atoms with Gasteiger partial charge in [0.05, 0.1) is 17.1 Å². The van der Waals surface area contributed by atoms with Gasteiger partial charge in [0.25, 0.3) is 11.6 Å². The fourth-order valence-electron chi connectivity index (χ4n) is 1.10. The number of amides is 1. The van der Waals surface area contributed by atoms with Crippen LogP contribution in [0.15, 0.2) is 18.2 Å². The van der Waals surface area contributed by atoms with Crippen molar-refractivity contribution in [1.82, 2.24) is 0 Å². The standard InChI is InChI=1S/C10H8N2O4/c11-10(14)4-2-7-1-3-9(12(15)16)8(5-7)6-13/h1,3,5,13H,6H2,(H2,11,14). The second kappa shape index (κ2) is 4.91. The van der Waals surface area contributed by atoms with Crippen LogP contribution in [0.3, 0.4) is 0 Å². The summed E-state index contributed by atoms with van der Waals surface area (Å²) in [4.78, 5) is 20.3. The summed E-state index contributed by atoms with van der Waals surface area (Å²) in [5.41, 5.74) is 5.15. The second-order valence-corrected chi connectivity index (χ2v) is 2.87. The number of rotatable bonds is 2. The van der Waals surface area contributed by atoms with Gasteiger partial charge in [-0.15, -0.1) is 0 Å². The Balaban J connectivity index is 3.15. The predicted octanol–water partition coefficient (Wildman–Crippen LogP) is -0.0761. The van der Waals surface area contributed by atoms with Gasteiger partial charge < -0.3 is 10.8 Å². The number of carbonyl (C=O) groups is 1. The number of hydrogen-bond acceptors (Lipinski definition) is 4. The number of primary amides is 1. The summed E-state index contributed by atoms with van der Waals surface area (Å²) in [6, 6.07) is 3.94. The molecule has 0 radical (unpaired) electrons. The Kier molecular flexibility index (Phi) is 3.58. The van der Waals surface area contributed by atoms with Crippen molar-refractivity contribution in [3.63, 3.8) is 0 Å². The number of nitrogens with zero attached hydrogens (tertiary/aromatic N) is 1. The molecule has 0 saturated heterocycles. The lowest BCUT2D eigenvalue weighted by Gasteiger charge is -1.99. The molecular formula is C10H8N2O4. The van der Waals surface area contributed by atoms with Crippen LogP contribution in [-0.2, 0) is 11.4 Å². The molecule has 0 bridgehead atoms. The molecule has 16 heavy (non-hydrogen) atoms. The van der Waals surface area contributed by atoms with Gasteiger partial charge in [-0.2, -0.15) is 0 Å². The highest BCUT2D eigenvalue weighted by Gasteiger charge is 2.12. The highest BCUT2D eigenvalue weighted by Crippen LogP contribution is 2.19. The lowest BCUT2D eigenvalue weighted by molar-refractivity contribution is -0.385. The Bertz CT molecular complexity index is 499. The van der Waals surface area contributed by atoms with Crippen LogP contribution in [0.5, 0.6) is 0 Å². The summed E-state index contributed by atoms with van der Waals surface area (Å²) in [7, 11) is 0. The van der Waals surface area contributed by atoms with Crippen LogP contribution in [-0.4, -0.2) is 15.9 Å². The lowest BCUT2D eigenvalue weighted by Crippen LogP contribution is -2.06. The summed E-state index contributed by atoms with van der Waals surface area (Å²) in [5, 5.41) is 19.5. The van der Waals surface area contributed by atoms with Crippen LogP contribution in [0.25, 0.3) is 0 Å². The number of nitro groups is 1. The van der Waals surface area contributed by atoms with Crippen molar-refractivity contribution in [2.24, 2.45) is 5.73 Å². The van der Waals surface area contributed by atoms with E-state index in [1.54, 1.807) is 0 Å². The van der Waals surface area contributed by atoms with E-state index >= 15 is 0 Å². The lowest BCUT2D eigenvalue weighted by atomic mass is 10.1. The first-order chi connectivity index (χ1) is 7.54. The molecule has 0 saturated carbocycles. The number of hydrogen-bond donors (Lipinski definition) is 2. The minimum absolute atomic E-state index is 0.140. The van der Waals surface area contributed by atoms with Gasteiger partial charge in [-0.1, -0.05) is 5.92 Å². The first kappa shape index (κ1) is 11.7. The molecular weight excluding hydrogens is 212 g/mol. The average molecular weight is 220 g/mol. The van der Waals surface area contributed by atoms with Crippen LogP contribution in [0.2, 0.25) is 0 Å². The van der Waals surface area contributed by atoms with Crippen LogP contribution >= 0.6 is 0 Å². The van der Waals surface area contributed by atoms with Crippen LogP contribution in [0.1, 0.15) is 11.1 Å². The minimum atomic E-state index is -0.788. The fourth-order valence-corrected chi connectivity index (χ4v) is 1.10. The van der Waals surface area contributed by atoms with Gasteiger partial charge >= 0.3 is 0 Å². The van der Waals surface area contributed by atoms with Crippen molar-refractivity contribution < 1.29 is 14.8 Å². The Labute approximate surface area is 90.8 Å². The van der Waals surface area contributed by atoms with E-state index in [1.165, 1.54) is 18.2 Å².